The van der Waals surface area contributed by atoms with E-state index in [1.165, 1.54) is 14.0 Å². The first-order valence-corrected chi connectivity index (χ1v) is 9.57. The second-order valence-corrected chi connectivity index (χ2v) is 7.33. The van der Waals surface area contributed by atoms with Gasteiger partial charge < -0.3 is 14.5 Å². The predicted octanol–water partition coefficient (Wildman–Crippen LogP) is 3.94. The third-order valence-corrected chi connectivity index (χ3v) is 5.49. The van der Waals surface area contributed by atoms with E-state index in [2.05, 4.69) is 5.32 Å². The average molecular weight is 403 g/mol. The molecule has 0 saturated carbocycles. The molecule has 1 unspecified atom stereocenters. The maximum Gasteiger partial charge on any atom is 0.336 e. The van der Waals surface area contributed by atoms with Gasteiger partial charge in [0, 0.05) is 22.5 Å². The van der Waals surface area contributed by atoms with E-state index in [0.29, 0.717) is 50.0 Å². The zero-order chi connectivity index (χ0) is 21.6. The number of nitrogens with one attached hydrogen (secondary N) is 1. The van der Waals surface area contributed by atoms with Gasteiger partial charge in [0.2, 0.25) is 5.43 Å². The highest BCUT2D eigenvalue weighted by Gasteiger charge is 2.37. The Morgan fingerprint density at radius 2 is 1.63 bits per heavy atom. The van der Waals surface area contributed by atoms with Gasteiger partial charge in [-0.2, -0.15) is 0 Å². The number of carbonyl (C=O) groups excluding carboxylic acids is 2. The monoisotopic (exact) mass is 403 g/mol. The zero-order valence-corrected chi connectivity index (χ0v) is 17.2. The Kier molecular flexibility index (Phi) is 4.78. The van der Waals surface area contributed by atoms with Crippen LogP contribution < -0.4 is 10.7 Å². The number of methoxy groups -OCH3 is 1. The van der Waals surface area contributed by atoms with Gasteiger partial charge in [0.1, 0.15) is 11.2 Å². The van der Waals surface area contributed by atoms with Crippen molar-refractivity contribution < 1.29 is 18.7 Å². The molecule has 6 nitrogen and oxygen atoms in total. The van der Waals surface area contributed by atoms with Crippen molar-refractivity contribution in [2.75, 3.05) is 7.11 Å². The second kappa shape index (κ2) is 7.30. The van der Waals surface area contributed by atoms with Gasteiger partial charge in [0.05, 0.1) is 29.4 Å². The Balaban J connectivity index is 2.12. The molecule has 3 aromatic rings. The standard InChI is InChI=1S/C24H21NO5/c1-12-19(14(3)26)21(20(13(2)25-12)24(28)29-4)16-9-7-10-17-22(27)15-8-5-6-11-18(15)30-23(16)17/h5-11,21,25H,1-4H3. The summed E-state index contributed by atoms with van der Waals surface area (Å²) in [6, 6.07) is 12.2. The quantitative estimate of drug-likeness (QED) is 0.527. The number of carbonyl (C=O) groups is 2. The van der Waals surface area contributed by atoms with Crippen LogP contribution >= 0.6 is 0 Å². The van der Waals surface area contributed by atoms with Gasteiger partial charge in [-0.3, -0.25) is 9.59 Å². The summed E-state index contributed by atoms with van der Waals surface area (Å²) in [5, 5.41) is 3.98. The summed E-state index contributed by atoms with van der Waals surface area (Å²) in [6.07, 6.45) is 0. The van der Waals surface area contributed by atoms with Gasteiger partial charge in [0.15, 0.2) is 5.78 Å². The fraction of sp³-hybridized carbons (Fsp3) is 0.208. The summed E-state index contributed by atoms with van der Waals surface area (Å²) < 4.78 is 11.2. The minimum atomic E-state index is -0.718. The fourth-order valence-corrected chi connectivity index (χ4v) is 4.23. The summed E-state index contributed by atoms with van der Waals surface area (Å²) in [4.78, 5) is 38.4. The molecule has 0 aliphatic carbocycles. The number of ether oxygens (including phenoxy) is 1. The lowest BCUT2D eigenvalue weighted by molar-refractivity contribution is -0.136. The number of hydrogen-bond acceptors (Lipinski definition) is 6. The smallest absolute Gasteiger partial charge is 0.336 e. The number of dihydropyridines is 1. The molecule has 2 aromatic carbocycles. The molecule has 30 heavy (non-hydrogen) atoms. The van der Waals surface area contributed by atoms with Gasteiger partial charge in [-0.1, -0.05) is 24.3 Å². The SMILES string of the molecule is COC(=O)C1=C(C)NC(C)=C(C(C)=O)C1c1cccc2c(=O)c3ccccc3oc12. The average Bonchev–Trinajstić information content (AvgIpc) is 2.72. The number of para-hydroxylation sites is 2. The lowest BCUT2D eigenvalue weighted by Crippen LogP contribution is -2.31. The van der Waals surface area contributed by atoms with E-state index in [4.69, 9.17) is 9.15 Å². The summed E-state index contributed by atoms with van der Waals surface area (Å²) in [7, 11) is 1.30. The van der Waals surface area contributed by atoms with Crippen LogP contribution in [0.4, 0.5) is 0 Å². The minimum absolute atomic E-state index is 0.159. The summed E-state index contributed by atoms with van der Waals surface area (Å²) in [6.45, 7) is 5.01. The van der Waals surface area contributed by atoms with E-state index < -0.39 is 11.9 Å². The highest BCUT2D eigenvalue weighted by atomic mass is 16.5. The van der Waals surface area contributed by atoms with Gasteiger partial charge in [-0.15, -0.1) is 0 Å². The molecular formula is C24H21NO5. The molecule has 0 spiro atoms. The maximum atomic E-state index is 13.1. The summed E-state index contributed by atoms with van der Waals surface area (Å²) in [5.41, 5.74) is 3.21. The van der Waals surface area contributed by atoms with E-state index in [0.717, 1.165) is 0 Å². The van der Waals surface area contributed by atoms with Crippen molar-refractivity contribution in [2.24, 2.45) is 0 Å². The minimum Gasteiger partial charge on any atom is -0.466 e. The Hall–Kier alpha value is -3.67. The molecule has 2 heterocycles. The predicted molar refractivity (Wildman–Crippen MR) is 114 cm³/mol. The van der Waals surface area contributed by atoms with Crippen molar-refractivity contribution in [3.63, 3.8) is 0 Å². The molecule has 1 aliphatic heterocycles. The van der Waals surface area contributed by atoms with E-state index in [9.17, 15) is 14.4 Å². The lowest BCUT2D eigenvalue weighted by atomic mass is 9.78. The normalized spacial score (nSPS) is 16.7. The zero-order valence-electron chi connectivity index (χ0n) is 17.2. The van der Waals surface area contributed by atoms with Crippen LogP contribution in [0.1, 0.15) is 32.3 Å². The van der Waals surface area contributed by atoms with Gasteiger partial charge in [0.25, 0.3) is 0 Å². The molecule has 0 amide bonds. The van der Waals surface area contributed by atoms with Crippen molar-refractivity contribution in [1.29, 1.82) is 0 Å². The molecule has 1 N–H and O–H groups in total. The van der Waals surface area contributed by atoms with Crippen LogP contribution in [0.15, 0.2) is 74.2 Å². The number of ketones is 1. The van der Waals surface area contributed by atoms with Crippen LogP contribution in [0.3, 0.4) is 0 Å². The van der Waals surface area contributed by atoms with Gasteiger partial charge in [-0.25, -0.2) is 4.79 Å². The number of rotatable bonds is 3. The number of hydrogen-bond donors (Lipinski definition) is 1. The van der Waals surface area contributed by atoms with Crippen LogP contribution in [0.2, 0.25) is 0 Å². The van der Waals surface area contributed by atoms with Crippen molar-refractivity contribution in [3.8, 4) is 0 Å². The van der Waals surface area contributed by atoms with E-state index in [-0.39, 0.29) is 11.2 Å². The molecule has 1 atom stereocenters. The van der Waals surface area contributed by atoms with E-state index in [1.54, 1.807) is 56.3 Å². The lowest BCUT2D eigenvalue weighted by Gasteiger charge is -2.30. The highest BCUT2D eigenvalue weighted by Crippen LogP contribution is 2.41. The number of esters is 1. The summed E-state index contributed by atoms with van der Waals surface area (Å²) >= 11 is 0. The molecular weight excluding hydrogens is 382 g/mol. The van der Waals surface area contributed by atoms with Crippen molar-refractivity contribution in [2.45, 2.75) is 26.7 Å². The van der Waals surface area contributed by atoms with Gasteiger partial charge >= 0.3 is 5.97 Å². The number of Topliss-reactive ketones (excluding diaryl/α,β-unsaturated/α-hetero) is 1. The van der Waals surface area contributed by atoms with Crippen molar-refractivity contribution in [3.05, 3.63) is 80.8 Å². The van der Waals surface area contributed by atoms with E-state index in [1.807, 2.05) is 0 Å². The largest absolute Gasteiger partial charge is 0.466 e. The molecule has 0 bridgehead atoms. The number of fused-ring (bicyclic) bond motifs is 2. The maximum absolute atomic E-state index is 13.1. The van der Waals surface area contributed by atoms with Crippen LogP contribution in [-0.2, 0) is 14.3 Å². The van der Waals surface area contributed by atoms with E-state index >= 15 is 0 Å². The number of allylic oxidation sites excluding steroid dienone is 3. The first-order chi connectivity index (χ1) is 14.3. The fourth-order valence-electron chi connectivity index (χ4n) is 4.23. The third kappa shape index (κ3) is 2.92. The molecule has 0 saturated heterocycles. The Morgan fingerprint density at radius 1 is 0.967 bits per heavy atom. The third-order valence-electron chi connectivity index (χ3n) is 5.49. The van der Waals surface area contributed by atoms with Crippen LogP contribution in [-0.4, -0.2) is 18.9 Å². The highest BCUT2D eigenvalue weighted by molar-refractivity contribution is 6.03. The molecule has 4 rings (SSSR count). The first-order valence-electron chi connectivity index (χ1n) is 9.57. The molecule has 1 aliphatic rings. The Bertz CT molecular complexity index is 1340. The van der Waals surface area contributed by atoms with Crippen molar-refractivity contribution in [1.82, 2.24) is 5.32 Å². The second-order valence-electron chi connectivity index (χ2n) is 7.33. The van der Waals surface area contributed by atoms with Gasteiger partial charge in [-0.05, 0) is 39.0 Å². The topological polar surface area (TPSA) is 85.6 Å². The molecule has 6 heteroatoms. The van der Waals surface area contributed by atoms with Crippen molar-refractivity contribution >= 4 is 33.7 Å². The van der Waals surface area contributed by atoms with Crippen LogP contribution in [0.25, 0.3) is 21.9 Å². The van der Waals surface area contributed by atoms with Crippen LogP contribution in [0.5, 0.6) is 0 Å². The first kappa shape index (κ1) is 19.6. The molecule has 152 valence electrons. The summed E-state index contributed by atoms with van der Waals surface area (Å²) in [5.74, 6) is -1.44. The number of benzene rings is 2. The Morgan fingerprint density at radius 3 is 2.33 bits per heavy atom. The molecule has 1 aromatic heterocycles. The molecule has 0 radical (unpaired) electrons. The van der Waals surface area contributed by atoms with Crippen LogP contribution in [0, 0.1) is 0 Å². The Labute approximate surface area is 172 Å². The molecule has 0 fully saturated rings.